The number of aryl methyl sites for hydroxylation is 1. The van der Waals surface area contributed by atoms with Crippen LogP contribution in [0.3, 0.4) is 0 Å². The van der Waals surface area contributed by atoms with Crippen LogP contribution in [0.5, 0.6) is 0 Å². The van der Waals surface area contributed by atoms with E-state index >= 15 is 0 Å². The maximum Gasteiger partial charge on any atom is 0.0811 e. The predicted octanol–water partition coefficient (Wildman–Crippen LogP) is 5.20. The first kappa shape index (κ1) is 15.7. The van der Waals surface area contributed by atoms with Crippen LogP contribution < -0.4 is 0 Å². The molecule has 0 spiro atoms. The van der Waals surface area contributed by atoms with Gasteiger partial charge in [-0.25, -0.2) is 4.21 Å². The third kappa shape index (κ3) is 3.92. The van der Waals surface area contributed by atoms with Crippen molar-refractivity contribution in [2.24, 2.45) is 0 Å². The van der Waals surface area contributed by atoms with Crippen LogP contribution >= 0.6 is 0 Å². The van der Waals surface area contributed by atoms with E-state index in [1.54, 1.807) is 0 Å². The zero-order chi connectivity index (χ0) is 15.2. The van der Waals surface area contributed by atoms with E-state index in [1.165, 1.54) is 11.1 Å². The van der Waals surface area contributed by atoms with Crippen LogP contribution in [0.2, 0.25) is 0 Å². The van der Waals surface area contributed by atoms with E-state index in [0.717, 1.165) is 16.2 Å². The molecule has 2 rings (SSSR count). The topological polar surface area (TPSA) is 17.1 Å². The normalized spacial score (nSPS) is 14.7. The number of allylic oxidation sites excluding steroid dienone is 2. The van der Waals surface area contributed by atoms with Crippen molar-refractivity contribution in [1.29, 1.82) is 0 Å². The van der Waals surface area contributed by atoms with Gasteiger partial charge < -0.3 is 0 Å². The Kier molecular flexibility index (Phi) is 5.51. The average molecular weight is 298 g/mol. The van der Waals surface area contributed by atoms with Crippen LogP contribution in [0.4, 0.5) is 0 Å². The molecule has 0 bridgehead atoms. The molecule has 0 aliphatic rings. The fourth-order valence-electron chi connectivity index (χ4n) is 2.32. The molecule has 0 heterocycles. The summed E-state index contributed by atoms with van der Waals surface area (Å²) in [4.78, 5) is 1.87. The second-order valence-corrected chi connectivity index (χ2v) is 6.71. The fourth-order valence-corrected chi connectivity index (χ4v) is 3.75. The van der Waals surface area contributed by atoms with Crippen molar-refractivity contribution in [3.63, 3.8) is 0 Å². The van der Waals surface area contributed by atoms with Gasteiger partial charge in [-0.05, 0) is 31.0 Å². The number of hydrogen-bond donors (Lipinski definition) is 0. The third-order valence-corrected chi connectivity index (χ3v) is 5.23. The summed E-state index contributed by atoms with van der Waals surface area (Å²) < 4.78 is 12.9. The standard InChI is InChI=1S/C19H22OS/c1-4-8-19(16(3)17-9-6-5-7-10-17)21(20)18-13-11-15(2)12-14-18/h5-14,16H,4H2,1-3H3/b19-8+/t16-,21?/m1/s1. The summed E-state index contributed by atoms with van der Waals surface area (Å²) in [7, 11) is -1.10. The van der Waals surface area contributed by atoms with E-state index in [1.807, 2.05) is 49.4 Å². The summed E-state index contributed by atoms with van der Waals surface area (Å²) in [6.45, 7) is 6.26. The van der Waals surface area contributed by atoms with Crippen molar-refractivity contribution in [2.75, 3.05) is 0 Å². The highest BCUT2D eigenvalue weighted by Crippen LogP contribution is 2.30. The molecule has 2 heteroatoms. The number of hydrogen-bond acceptors (Lipinski definition) is 1. The molecule has 0 radical (unpaired) electrons. The lowest BCUT2D eigenvalue weighted by atomic mass is 10.0. The van der Waals surface area contributed by atoms with E-state index in [4.69, 9.17) is 0 Å². The van der Waals surface area contributed by atoms with Crippen LogP contribution in [-0.2, 0) is 10.8 Å². The van der Waals surface area contributed by atoms with Gasteiger partial charge >= 0.3 is 0 Å². The first-order chi connectivity index (χ1) is 10.1. The SMILES string of the molecule is CC/C=C(\[C@H](C)c1ccccc1)S(=O)c1ccc(C)cc1. The highest BCUT2D eigenvalue weighted by molar-refractivity contribution is 7.89. The van der Waals surface area contributed by atoms with Gasteiger partial charge in [-0.1, -0.05) is 68.0 Å². The van der Waals surface area contributed by atoms with Gasteiger partial charge in [0.2, 0.25) is 0 Å². The van der Waals surface area contributed by atoms with Crippen molar-refractivity contribution in [1.82, 2.24) is 0 Å². The van der Waals surface area contributed by atoms with Crippen molar-refractivity contribution in [3.8, 4) is 0 Å². The Morgan fingerprint density at radius 3 is 2.29 bits per heavy atom. The van der Waals surface area contributed by atoms with E-state index in [9.17, 15) is 4.21 Å². The number of rotatable bonds is 5. The molecule has 110 valence electrons. The van der Waals surface area contributed by atoms with Gasteiger partial charge in [0.15, 0.2) is 0 Å². The molecule has 21 heavy (non-hydrogen) atoms. The molecule has 0 amide bonds. The lowest BCUT2D eigenvalue weighted by molar-refractivity contribution is 0.683. The first-order valence-corrected chi connectivity index (χ1v) is 8.52. The monoisotopic (exact) mass is 298 g/mol. The molecule has 0 aliphatic carbocycles. The molecule has 0 aliphatic heterocycles. The minimum atomic E-state index is -1.10. The zero-order valence-electron chi connectivity index (χ0n) is 12.9. The fraction of sp³-hybridized carbons (Fsp3) is 0.263. The molecular weight excluding hydrogens is 276 g/mol. The summed E-state index contributed by atoms with van der Waals surface area (Å²) in [5, 5.41) is 0. The Hall–Kier alpha value is -1.67. The van der Waals surface area contributed by atoms with Crippen molar-refractivity contribution >= 4 is 10.8 Å². The summed E-state index contributed by atoms with van der Waals surface area (Å²) in [5.41, 5.74) is 2.39. The van der Waals surface area contributed by atoms with Crippen LogP contribution in [0, 0.1) is 6.92 Å². The smallest absolute Gasteiger partial charge is 0.0811 e. The minimum Gasteiger partial charge on any atom is -0.249 e. The van der Waals surface area contributed by atoms with Gasteiger partial charge in [-0.2, -0.15) is 0 Å². The highest BCUT2D eigenvalue weighted by atomic mass is 32.2. The number of benzene rings is 2. The van der Waals surface area contributed by atoms with Gasteiger partial charge in [0, 0.05) is 15.7 Å². The van der Waals surface area contributed by atoms with Crippen molar-refractivity contribution in [2.45, 2.75) is 38.0 Å². The molecule has 2 aromatic carbocycles. The maximum atomic E-state index is 12.9. The Balaban J connectivity index is 2.33. The molecule has 0 aromatic heterocycles. The maximum absolute atomic E-state index is 12.9. The third-order valence-electron chi connectivity index (χ3n) is 3.58. The van der Waals surface area contributed by atoms with Crippen LogP contribution in [0.1, 0.15) is 37.3 Å². The molecule has 0 fully saturated rings. The second kappa shape index (κ2) is 7.37. The van der Waals surface area contributed by atoms with Crippen molar-refractivity contribution in [3.05, 3.63) is 76.7 Å². The second-order valence-electron chi connectivity index (χ2n) is 5.23. The molecule has 1 unspecified atom stereocenters. The molecule has 1 nitrogen and oxygen atoms in total. The molecular formula is C19H22OS. The zero-order valence-corrected chi connectivity index (χ0v) is 13.7. The molecule has 0 saturated heterocycles. The highest BCUT2D eigenvalue weighted by Gasteiger charge is 2.18. The minimum absolute atomic E-state index is 0.160. The van der Waals surface area contributed by atoms with Gasteiger partial charge in [0.05, 0.1) is 10.8 Å². The summed E-state index contributed by atoms with van der Waals surface area (Å²) in [6, 6.07) is 18.2. The van der Waals surface area contributed by atoms with Crippen molar-refractivity contribution < 1.29 is 4.21 Å². The summed E-state index contributed by atoms with van der Waals surface area (Å²) in [5.74, 6) is 0.160. The van der Waals surface area contributed by atoms with E-state index < -0.39 is 10.8 Å². The summed E-state index contributed by atoms with van der Waals surface area (Å²) >= 11 is 0. The van der Waals surface area contributed by atoms with Gasteiger partial charge in [0.1, 0.15) is 0 Å². The van der Waals surface area contributed by atoms with Crippen LogP contribution in [0.25, 0.3) is 0 Å². The molecule has 0 N–H and O–H groups in total. The Morgan fingerprint density at radius 1 is 1.10 bits per heavy atom. The van der Waals surface area contributed by atoms with Crippen LogP contribution in [0.15, 0.2) is 70.5 Å². The molecule has 2 atom stereocenters. The van der Waals surface area contributed by atoms with Gasteiger partial charge in [0.25, 0.3) is 0 Å². The lowest BCUT2D eigenvalue weighted by Crippen LogP contribution is -2.05. The lowest BCUT2D eigenvalue weighted by Gasteiger charge is -2.16. The molecule has 0 saturated carbocycles. The van der Waals surface area contributed by atoms with E-state index in [-0.39, 0.29) is 5.92 Å². The Bertz CT molecular complexity index is 626. The van der Waals surface area contributed by atoms with Gasteiger partial charge in [-0.3, -0.25) is 0 Å². The summed E-state index contributed by atoms with van der Waals surface area (Å²) in [6.07, 6.45) is 3.00. The van der Waals surface area contributed by atoms with Gasteiger partial charge in [-0.15, -0.1) is 0 Å². The predicted molar refractivity (Wildman–Crippen MR) is 90.8 cm³/mol. The average Bonchev–Trinajstić information content (AvgIpc) is 2.53. The largest absolute Gasteiger partial charge is 0.249 e. The Morgan fingerprint density at radius 2 is 1.71 bits per heavy atom. The van der Waals surface area contributed by atoms with E-state index in [2.05, 4.69) is 32.1 Å². The van der Waals surface area contributed by atoms with Crippen LogP contribution in [-0.4, -0.2) is 4.21 Å². The Labute approximate surface area is 130 Å². The quantitative estimate of drug-likeness (QED) is 0.741. The first-order valence-electron chi connectivity index (χ1n) is 7.37. The molecule has 2 aromatic rings. The van der Waals surface area contributed by atoms with E-state index in [0.29, 0.717) is 0 Å².